The number of rotatable bonds is 5. The normalized spacial score (nSPS) is 10.9. The summed E-state index contributed by atoms with van der Waals surface area (Å²) in [5.74, 6) is 0.273. The van der Waals surface area contributed by atoms with Crippen LogP contribution in [0, 0.1) is 0 Å². The highest BCUT2D eigenvalue weighted by atomic mass is 16.3. The number of amides is 1. The Hall–Kier alpha value is -1.77. The van der Waals surface area contributed by atoms with Crippen LogP contribution in [-0.4, -0.2) is 17.1 Å². The third-order valence-corrected chi connectivity index (χ3v) is 2.63. The van der Waals surface area contributed by atoms with E-state index in [1.165, 1.54) is 0 Å². The van der Waals surface area contributed by atoms with Crippen molar-refractivity contribution >= 4 is 5.91 Å². The van der Waals surface area contributed by atoms with E-state index in [1.54, 1.807) is 12.1 Å². The fourth-order valence-corrected chi connectivity index (χ4v) is 1.51. The Morgan fingerprint density at radius 3 is 2.26 bits per heavy atom. The molecular weight excluding hydrogens is 238 g/mol. The molecule has 0 radical (unpaired) electrons. The van der Waals surface area contributed by atoms with Crippen LogP contribution in [0.5, 0.6) is 5.75 Å². The first-order valence-corrected chi connectivity index (χ1v) is 6.75. The third-order valence-electron chi connectivity index (χ3n) is 2.63. The lowest BCUT2D eigenvalue weighted by molar-refractivity contribution is -0.121. The van der Waals surface area contributed by atoms with E-state index in [0.717, 1.165) is 11.1 Å². The van der Waals surface area contributed by atoms with Crippen LogP contribution in [0.3, 0.4) is 0 Å². The Kier molecular flexibility index (Phi) is 8.34. The number of nitrogens with one attached hydrogen (secondary N) is 1. The zero-order valence-corrected chi connectivity index (χ0v) is 12.4. The number of hydrogen-bond acceptors (Lipinski definition) is 2. The monoisotopic (exact) mass is 263 g/mol. The van der Waals surface area contributed by atoms with Gasteiger partial charge in [-0.3, -0.25) is 4.79 Å². The summed E-state index contributed by atoms with van der Waals surface area (Å²) >= 11 is 0. The molecule has 1 rings (SSSR count). The average Bonchev–Trinajstić information content (AvgIpc) is 2.42. The van der Waals surface area contributed by atoms with Crippen LogP contribution >= 0.6 is 0 Å². The molecule has 0 bridgehead atoms. The van der Waals surface area contributed by atoms with Crippen molar-refractivity contribution in [2.45, 2.75) is 46.6 Å². The average molecular weight is 263 g/mol. The molecule has 0 saturated heterocycles. The quantitative estimate of drug-likeness (QED) is 0.800. The minimum absolute atomic E-state index is 0.0248. The minimum atomic E-state index is -0.0491. The molecule has 0 aromatic heterocycles. The minimum Gasteiger partial charge on any atom is -0.508 e. The molecule has 2 N–H and O–H groups in total. The summed E-state index contributed by atoms with van der Waals surface area (Å²) in [5.41, 5.74) is 1.99. The van der Waals surface area contributed by atoms with Crippen molar-refractivity contribution in [3.63, 3.8) is 0 Å². The lowest BCUT2D eigenvalue weighted by atomic mass is 10.0. The molecule has 0 aliphatic heterocycles. The molecule has 0 aliphatic carbocycles. The largest absolute Gasteiger partial charge is 0.508 e. The Morgan fingerprint density at radius 1 is 1.32 bits per heavy atom. The fourth-order valence-electron chi connectivity index (χ4n) is 1.51. The summed E-state index contributed by atoms with van der Waals surface area (Å²) in [7, 11) is 0. The van der Waals surface area contributed by atoms with Crippen molar-refractivity contribution in [1.29, 1.82) is 0 Å². The van der Waals surface area contributed by atoms with Crippen LogP contribution in [0.4, 0.5) is 0 Å². The lowest BCUT2D eigenvalue weighted by Crippen LogP contribution is -2.36. The predicted octanol–water partition coefficient (Wildman–Crippen LogP) is 3.43. The first-order valence-electron chi connectivity index (χ1n) is 6.75. The van der Waals surface area contributed by atoms with Gasteiger partial charge in [-0.2, -0.15) is 0 Å². The van der Waals surface area contributed by atoms with Gasteiger partial charge in [0.1, 0.15) is 5.75 Å². The van der Waals surface area contributed by atoms with Gasteiger partial charge >= 0.3 is 0 Å². The summed E-state index contributed by atoms with van der Waals surface area (Å²) in [6.07, 6.45) is 1.17. The maximum atomic E-state index is 11.4. The molecule has 1 aromatic carbocycles. The van der Waals surface area contributed by atoms with Gasteiger partial charge in [-0.05, 0) is 31.0 Å². The van der Waals surface area contributed by atoms with Crippen LogP contribution in [-0.2, 0) is 11.2 Å². The smallest absolute Gasteiger partial charge is 0.220 e. The van der Waals surface area contributed by atoms with Gasteiger partial charge in [0, 0.05) is 6.42 Å². The summed E-state index contributed by atoms with van der Waals surface area (Å²) in [6, 6.07) is 6.94. The van der Waals surface area contributed by atoms with E-state index in [9.17, 15) is 9.90 Å². The number of phenols is 1. The third kappa shape index (κ3) is 6.65. The zero-order chi connectivity index (χ0) is 14.8. The van der Waals surface area contributed by atoms with Crippen LogP contribution < -0.4 is 5.32 Å². The molecule has 1 unspecified atom stereocenters. The van der Waals surface area contributed by atoms with E-state index in [0.29, 0.717) is 12.8 Å². The first-order chi connectivity index (χ1) is 9.02. The lowest BCUT2D eigenvalue weighted by Gasteiger charge is -2.18. The topological polar surface area (TPSA) is 49.3 Å². The number of phenolic OH excluding ortho intramolecular Hbond substituents is 1. The molecular formula is C16H25NO2. The number of benzene rings is 1. The van der Waals surface area contributed by atoms with Crippen molar-refractivity contribution in [2.75, 3.05) is 0 Å². The van der Waals surface area contributed by atoms with Crippen molar-refractivity contribution in [3.8, 4) is 5.75 Å². The highest BCUT2D eigenvalue weighted by molar-refractivity contribution is 5.76. The van der Waals surface area contributed by atoms with Crippen LogP contribution in [0.15, 0.2) is 36.4 Å². The molecule has 1 atom stereocenters. The molecule has 0 saturated carbocycles. The van der Waals surface area contributed by atoms with Gasteiger partial charge in [0.15, 0.2) is 0 Å². The van der Waals surface area contributed by atoms with Gasteiger partial charge in [-0.25, -0.2) is 0 Å². The molecule has 1 amide bonds. The van der Waals surface area contributed by atoms with Crippen molar-refractivity contribution in [1.82, 2.24) is 5.32 Å². The van der Waals surface area contributed by atoms with Crippen molar-refractivity contribution < 1.29 is 9.90 Å². The van der Waals surface area contributed by atoms with Gasteiger partial charge in [0.2, 0.25) is 5.91 Å². The van der Waals surface area contributed by atoms with Crippen LogP contribution in [0.1, 0.15) is 39.7 Å². The second-order valence-corrected chi connectivity index (χ2v) is 4.19. The van der Waals surface area contributed by atoms with Gasteiger partial charge in [-0.15, -0.1) is 0 Å². The van der Waals surface area contributed by atoms with Crippen molar-refractivity contribution in [3.05, 3.63) is 42.0 Å². The second kappa shape index (κ2) is 9.20. The summed E-state index contributed by atoms with van der Waals surface area (Å²) in [4.78, 5) is 11.4. The highest BCUT2D eigenvalue weighted by Gasteiger charge is 2.12. The Morgan fingerprint density at radius 2 is 1.84 bits per heavy atom. The van der Waals surface area contributed by atoms with E-state index in [2.05, 4.69) is 11.9 Å². The number of carbonyl (C=O) groups excluding carboxylic acids is 1. The highest BCUT2D eigenvalue weighted by Crippen LogP contribution is 2.13. The Balaban J connectivity index is 0.00000154. The molecule has 0 spiro atoms. The molecule has 1 aromatic rings. The van der Waals surface area contributed by atoms with Crippen molar-refractivity contribution in [2.24, 2.45) is 0 Å². The maximum Gasteiger partial charge on any atom is 0.220 e. The Bertz CT molecular complexity index is 396. The standard InChI is InChI=1S/C14H19NO2.C2H6/c1-4-14(17)15-13(10(2)3)9-11-5-7-12(16)8-6-11;1-2/h5-8,13,16H,2,4,9H2,1,3H3,(H,15,17);1-2H3. The van der Waals surface area contributed by atoms with E-state index in [-0.39, 0.29) is 17.7 Å². The fraction of sp³-hybridized carbons (Fsp3) is 0.438. The SMILES string of the molecule is C=C(C)C(Cc1ccc(O)cc1)NC(=O)CC.CC. The summed E-state index contributed by atoms with van der Waals surface area (Å²) < 4.78 is 0. The number of hydrogen-bond donors (Lipinski definition) is 2. The second-order valence-electron chi connectivity index (χ2n) is 4.19. The van der Waals surface area contributed by atoms with E-state index in [4.69, 9.17) is 0 Å². The van der Waals surface area contributed by atoms with Gasteiger partial charge < -0.3 is 10.4 Å². The number of aromatic hydroxyl groups is 1. The molecule has 3 heteroatoms. The van der Waals surface area contributed by atoms with Gasteiger partial charge in [-0.1, -0.05) is 45.1 Å². The predicted molar refractivity (Wildman–Crippen MR) is 80.2 cm³/mol. The van der Waals surface area contributed by atoms with E-state index < -0.39 is 0 Å². The molecule has 0 aliphatic rings. The summed E-state index contributed by atoms with van der Waals surface area (Å²) in [6.45, 7) is 11.6. The van der Waals surface area contributed by atoms with E-state index >= 15 is 0 Å². The molecule has 0 fully saturated rings. The van der Waals surface area contributed by atoms with E-state index in [1.807, 2.05) is 39.8 Å². The maximum absolute atomic E-state index is 11.4. The first kappa shape index (κ1) is 17.2. The van der Waals surface area contributed by atoms with Crippen LogP contribution in [0.25, 0.3) is 0 Å². The van der Waals surface area contributed by atoms with Gasteiger partial charge in [0.25, 0.3) is 0 Å². The van der Waals surface area contributed by atoms with Crippen LogP contribution in [0.2, 0.25) is 0 Å². The van der Waals surface area contributed by atoms with Gasteiger partial charge in [0.05, 0.1) is 6.04 Å². The Labute approximate surface area is 116 Å². The molecule has 106 valence electrons. The molecule has 3 nitrogen and oxygen atoms in total. The molecule has 19 heavy (non-hydrogen) atoms. The number of carbonyl (C=O) groups is 1. The molecule has 0 heterocycles. The summed E-state index contributed by atoms with van der Waals surface area (Å²) in [5, 5.41) is 12.1. The zero-order valence-electron chi connectivity index (χ0n) is 12.4.